The van der Waals surface area contributed by atoms with Crippen LogP contribution in [0.15, 0.2) is 47.4 Å². The maximum Gasteiger partial charge on any atom is 0.338 e. The lowest BCUT2D eigenvalue weighted by Gasteiger charge is -2.25. The van der Waals surface area contributed by atoms with Crippen LogP contribution < -0.4 is 5.32 Å². The van der Waals surface area contributed by atoms with Crippen molar-refractivity contribution in [1.82, 2.24) is 4.31 Å². The van der Waals surface area contributed by atoms with Gasteiger partial charge in [0.1, 0.15) is 0 Å². The van der Waals surface area contributed by atoms with Gasteiger partial charge in [-0.3, -0.25) is 4.79 Å². The highest BCUT2D eigenvalue weighted by Gasteiger charge is 2.27. The lowest BCUT2D eigenvalue weighted by atomic mass is 10.1. The van der Waals surface area contributed by atoms with Crippen molar-refractivity contribution < 1.29 is 22.7 Å². The van der Waals surface area contributed by atoms with Gasteiger partial charge in [-0.2, -0.15) is 16.1 Å². The first-order valence-electron chi connectivity index (χ1n) is 9.29. The van der Waals surface area contributed by atoms with E-state index in [0.29, 0.717) is 24.3 Å². The van der Waals surface area contributed by atoms with Crippen molar-refractivity contribution in [3.05, 3.63) is 58.6 Å². The lowest BCUT2D eigenvalue weighted by molar-refractivity contribution is 0.0526. The number of thioether (sulfide) groups is 1. The van der Waals surface area contributed by atoms with Gasteiger partial charge in [-0.1, -0.05) is 17.7 Å². The third-order valence-corrected chi connectivity index (χ3v) is 7.59. The van der Waals surface area contributed by atoms with E-state index in [1.54, 1.807) is 36.9 Å². The van der Waals surface area contributed by atoms with Crippen molar-refractivity contribution >= 4 is 50.9 Å². The van der Waals surface area contributed by atoms with Gasteiger partial charge < -0.3 is 10.1 Å². The Morgan fingerprint density at radius 2 is 1.90 bits per heavy atom. The summed E-state index contributed by atoms with van der Waals surface area (Å²) in [6.45, 7) is 2.80. The molecular weight excluding hydrogens is 448 g/mol. The minimum atomic E-state index is -3.71. The van der Waals surface area contributed by atoms with E-state index in [1.807, 2.05) is 0 Å². The molecule has 0 atom stereocenters. The van der Waals surface area contributed by atoms with Gasteiger partial charge in [-0.05, 0) is 43.3 Å². The fourth-order valence-corrected chi connectivity index (χ4v) is 5.72. The molecule has 1 saturated heterocycles. The zero-order valence-corrected chi connectivity index (χ0v) is 18.6. The molecule has 30 heavy (non-hydrogen) atoms. The molecule has 3 rings (SSSR count). The lowest BCUT2D eigenvalue weighted by Crippen LogP contribution is -2.37. The van der Waals surface area contributed by atoms with Gasteiger partial charge in [0.15, 0.2) is 0 Å². The van der Waals surface area contributed by atoms with Gasteiger partial charge >= 0.3 is 5.97 Å². The Bertz CT molecular complexity index is 1050. The number of carbonyl (C=O) groups excluding carboxylic acids is 2. The first-order valence-corrected chi connectivity index (χ1v) is 12.3. The van der Waals surface area contributed by atoms with Gasteiger partial charge in [0.2, 0.25) is 10.0 Å². The summed E-state index contributed by atoms with van der Waals surface area (Å²) >= 11 is 7.87. The summed E-state index contributed by atoms with van der Waals surface area (Å²) in [6.07, 6.45) is 0. The second kappa shape index (κ2) is 9.82. The number of benzene rings is 2. The number of rotatable bonds is 6. The molecule has 160 valence electrons. The summed E-state index contributed by atoms with van der Waals surface area (Å²) < 4.78 is 32.2. The number of anilines is 1. The third-order valence-electron chi connectivity index (χ3n) is 4.42. The van der Waals surface area contributed by atoms with Gasteiger partial charge in [0, 0.05) is 30.3 Å². The first-order chi connectivity index (χ1) is 14.3. The Labute approximate surface area is 184 Å². The summed E-state index contributed by atoms with van der Waals surface area (Å²) in [7, 11) is -3.71. The molecule has 1 N–H and O–H groups in total. The highest BCUT2D eigenvalue weighted by atomic mass is 35.5. The van der Waals surface area contributed by atoms with Gasteiger partial charge in [-0.15, -0.1) is 0 Å². The molecule has 0 bridgehead atoms. The average molecular weight is 469 g/mol. The number of carbonyl (C=O) groups is 2. The molecule has 0 saturated carbocycles. The zero-order chi connectivity index (χ0) is 21.7. The number of hydrogen-bond acceptors (Lipinski definition) is 6. The van der Waals surface area contributed by atoms with Crippen molar-refractivity contribution in [2.24, 2.45) is 0 Å². The number of hydrogen-bond donors (Lipinski definition) is 1. The van der Waals surface area contributed by atoms with Crippen LogP contribution in [0.3, 0.4) is 0 Å². The number of halogens is 1. The SMILES string of the molecule is CCOC(=O)c1cccc(NC(=O)c2cc(S(=O)(=O)N3CCSCC3)ccc2Cl)c1. The molecule has 1 amide bonds. The van der Waals surface area contributed by atoms with Crippen LogP contribution in [0.5, 0.6) is 0 Å². The molecule has 0 aliphatic carbocycles. The molecule has 10 heteroatoms. The fraction of sp³-hybridized carbons (Fsp3) is 0.300. The van der Waals surface area contributed by atoms with Gasteiger partial charge in [-0.25, -0.2) is 13.2 Å². The van der Waals surface area contributed by atoms with E-state index in [9.17, 15) is 18.0 Å². The molecule has 1 aliphatic heterocycles. The topological polar surface area (TPSA) is 92.8 Å². The standard InChI is InChI=1S/C20H21ClN2O5S2/c1-2-28-20(25)14-4-3-5-15(12-14)22-19(24)17-13-16(6-7-18(17)21)30(26,27)23-8-10-29-11-9-23/h3-7,12-13H,2,8-11H2,1H3,(H,22,24). The van der Waals surface area contributed by atoms with Crippen molar-refractivity contribution in [3.8, 4) is 0 Å². The fourth-order valence-electron chi connectivity index (χ4n) is 2.91. The number of ether oxygens (including phenoxy) is 1. The maximum atomic E-state index is 12.9. The molecule has 7 nitrogen and oxygen atoms in total. The minimum Gasteiger partial charge on any atom is -0.462 e. The second-order valence-electron chi connectivity index (χ2n) is 6.41. The van der Waals surface area contributed by atoms with Crippen LogP contribution in [-0.4, -0.2) is 55.8 Å². The molecule has 1 aliphatic rings. The zero-order valence-electron chi connectivity index (χ0n) is 16.3. The summed E-state index contributed by atoms with van der Waals surface area (Å²) in [5, 5.41) is 2.78. The Hall–Kier alpha value is -2.07. The van der Waals surface area contributed by atoms with Gasteiger partial charge in [0.25, 0.3) is 5.91 Å². The van der Waals surface area contributed by atoms with Crippen LogP contribution in [0.1, 0.15) is 27.6 Å². The van der Waals surface area contributed by atoms with Crippen LogP contribution >= 0.6 is 23.4 Å². The first kappa shape index (κ1) is 22.6. The van der Waals surface area contributed by atoms with E-state index in [0.717, 1.165) is 11.5 Å². The van der Waals surface area contributed by atoms with E-state index < -0.39 is 21.9 Å². The summed E-state index contributed by atoms with van der Waals surface area (Å²) in [5.41, 5.74) is 0.689. The van der Waals surface area contributed by atoms with E-state index in [2.05, 4.69) is 5.32 Å². The summed E-state index contributed by atoms with van der Waals surface area (Å²) in [6, 6.07) is 10.4. The summed E-state index contributed by atoms with van der Waals surface area (Å²) in [4.78, 5) is 24.7. The monoisotopic (exact) mass is 468 g/mol. The molecule has 1 heterocycles. The molecule has 0 unspecified atom stereocenters. The predicted molar refractivity (Wildman–Crippen MR) is 118 cm³/mol. The van der Waals surface area contributed by atoms with Crippen LogP contribution in [0.25, 0.3) is 0 Å². The maximum absolute atomic E-state index is 12.9. The second-order valence-corrected chi connectivity index (χ2v) is 9.98. The predicted octanol–water partition coefficient (Wildman–Crippen LogP) is 3.51. The molecule has 2 aromatic rings. The van der Waals surface area contributed by atoms with E-state index in [1.165, 1.54) is 28.6 Å². The quantitative estimate of drug-likeness (QED) is 0.652. The Morgan fingerprint density at radius 1 is 1.17 bits per heavy atom. The van der Waals surface area contributed by atoms with Crippen LogP contribution in [0, 0.1) is 0 Å². The smallest absolute Gasteiger partial charge is 0.338 e. The number of amides is 1. The van der Waals surface area contributed by atoms with Crippen molar-refractivity contribution in [2.45, 2.75) is 11.8 Å². The van der Waals surface area contributed by atoms with Crippen LogP contribution in [0.4, 0.5) is 5.69 Å². The normalized spacial score (nSPS) is 14.9. The molecular formula is C20H21ClN2O5S2. The van der Waals surface area contributed by atoms with Crippen molar-refractivity contribution in [3.63, 3.8) is 0 Å². The number of nitrogens with zero attached hydrogens (tertiary/aromatic N) is 1. The number of nitrogens with one attached hydrogen (secondary N) is 1. The molecule has 2 aromatic carbocycles. The van der Waals surface area contributed by atoms with Crippen LogP contribution in [-0.2, 0) is 14.8 Å². The summed E-state index contributed by atoms with van der Waals surface area (Å²) in [5.74, 6) is 0.389. The Balaban J connectivity index is 1.84. The highest BCUT2D eigenvalue weighted by Crippen LogP contribution is 2.26. The average Bonchev–Trinajstić information content (AvgIpc) is 2.75. The Kier molecular flexibility index (Phi) is 7.41. The van der Waals surface area contributed by atoms with E-state index in [4.69, 9.17) is 16.3 Å². The largest absolute Gasteiger partial charge is 0.462 e. The number of sulfonamides is 1. The third kappa shape index (κ3) is 5.15. The molecule has 0 spiro atoms. The van der Waals surface area contributed by atoms with Crippen LogP contribution in [0.2, 0.25) is 5.02 Å². The number of esters is 1. The van der Waals surface area contributed by atoms with Gasteiger partial charge in [0.05, 0.1) is 27.7 Å². The minimum absolute atomic E-state index is 0.0178. The molecule has 0 radical (unpaired) electrons. The van der Waals surface area contributed by atoms with E-state index >= 15 is 0 Å². The van der Waals surface area contributed by atoms with Crippen molar-refractivity contribution in [2.75, 3.05) is 36.5 Å². The van der Waals surface area contributed by atoms with E-state index in [-0.39, 0.29) is 22.1 Å². The molecule has 1 fully saturated rings. The van der Waals surface area contributed by atoms with Crippen molar-refractivity contribution in [1.29, 1.82) is 0 Å². The Morgan fingerprint density at radius 3 is 2.60 bits per heavy atom. The highest BCUT2D eigenvalue weighted by molar-refractivity contribution is 7.99. The molecule has 0 aromatic heterocycles.